The van der Waals surface area contributed by atoms with Gasteiger partial charge in [0.15, 0.2) is 6.10 Å². The molecule has 1 fully saturated rings. The van der Waals surface area contributed by atoms with Gasteiger partial charge in [0, 0.05) is 13.6 Å². The molecule has 0 radical (unpaired) electrons. The van der Waals surface area contributed by atoms with Crippen LogP contribution in [-0.4, -0.2) is 78.5 Å². The van der Waals surface area contributed by atoms with E-state index < -0.39 is 30.7 Å². The number of hydrogen-bond acceptors (Lipinski definition) is 5. The summed E-state index contributed by atoms with van der Waals surface area (Å²) in [6.07, 6.45) is -1.68. The molecular weight excluding hydrogens is 258 g/mol. The number of carboxylic acid groups (broad SMARTS) is 1. The summed E-state index contributed by atoms with van der Waals surface area (Å²) in [6.45, 7) is 0.163. The molecule has 0 aromatic carbocycles. The Kier molecular flexibility index (Phi) is 5.52. The number of nitrogens with one attached hydrogen (secondary N) is 2. The quantitative estimate of drug-likeness (QED) is 0.452. The molecule has 0 aromatic rings. The third-order valence-corrected chi connectivity index (χ3v) is 2.67. The van der Waals surface area contributed by atoms with Gasteiger partial charge in [-0.05, 0) is 0 Å². The van der Waals surface area contributed by atoms with Crippen molar-refractivity contribution in [2.45, 2.75) is 12.1 Å². The summed E-state index contributed by atoms with van der Waals surface area (Å²) in [5.74, 6) is -1.79. The van der Waals surface area contributed by atoms with Crippen LogP contribution >= 0.6 is 0 Å². The first-order valence-electron chi connectivity index (χ1n) is 5.72. The second-order valence-electron chi connectivity index (χ2n) is 3.94. The smallest absolute Gasteiger partial charge is 0.334 e. The van der Waals surface area contributed by atoms with E-state index in [-0.39, 0.29) is 19.1 Å². The maximum atomic E-state index is 11.8. The summed E-state index contributed by atoms with van der Waals surface area (Å²) in [5.41, 5.74) is 0. The van der Waals surface area contributed by atoms with Crippen molar-refractivity contribution >= 4 is 17.9 Å². The highest BCUT2D eigenvalue weighted by molar-refractivity contribution is 5.87. The van der Waals surface area contributed by atoms with Crippen LogP contribution in [0.2, 0.25) is 0 Å². The molecule has 2 atom stereocenters. The van der Waals surface area contributed by atoms with E-state index in [1.807, 2.05) is 0 Å². The molecule has 1 aliphatic rings. The topological polar surface area (TPSA) is 128 Å². The molecule has 0 saturated carbocycles. The first-order valence-corrected chi connectivity index (χ1v) is 5.72. The van der Waals surface area contributed by atoms with Gasteiger partial charge in [0.2, 0.25) is 5.91 Å². The van der Waals surface area contributed by atoms with E-state index in [9.17, 15) is 14.4 Å². The molecule has 3 amide bonds. The summed E-state index contributed by atoms with van der Waals surface area (Å²) in [7, 11) is 1.45. The predicted octanol–water partition coefficient (Wildman–Crippen LogP) is -2.41. The van der Waals surface area contributed by atoms with Crippen molar-refractivity contribution in [3.8, 4) is 0 Å². The number of carboxylic acids is 1. The van der Waals surface area contributed by atoms with Crippen LogP contribution in [0.25, 0.3) is 0 Å². The van der Waals surface area contributed by atoms with Gasteiger partial charge in [0.1, 0.15) is 6.04 Å². The number of carbonyl (C=O) groups excluding carboxylic acids is 2. The lowest BCUT2D eigenvalue weighted by Crippen LogP contribution is -2.58. The van der Waals surface area contributed by atoms with Crippen LogP contribution in [0, 0.1) is 0 Å². The lowest BCUT2D eigenvalue weighted by atomic mass is 10.2. The molecular formula is C10H17N3O6. The van der Waals surface area contributed by atoms with Crippen LogP contribution in [0.15, 0.2) is 0 Å². The second-order valence-corrected chi connectivity index (χ2v) is 3.94. The largest absolute Gasteiger partial charge is 0.479 e. The number of urea groups is 1. The van der Waals surface area contributed by atoms with Gasteiger partial charge in [0.25, 0.3) is 0 Å². The fourth-order valence-electron chi connectivity index (χ4n) is 1.60. The van der Waals surface area contributed by atoms with E-state index in [1.165, 1.54) is 11.9 Å². The number of rotatable bonds is 4. The minimum Gasteiger partial charge on any atom is -0.479 e. The molecule has 1 saturated heterocycles. The van der Waals surface area contributed by atoms with Crippen molar-refractivity contribution in [3.63, 3.8) is 0 Å². The van der Waals surface area contributed by atoms with E-state index in [0.717, 1.165) is 0 Å². The number of hydrogen-bond donors (Lipinski definition) is 4. The molecule has 4 N–H and O–H groups in total. The molecule has 1 unspecified atom stereocenters. The number of aliphatic hydroxyl groups is 1. The fourth-order valence-corrected chi connectivity index (χ4v) is 1.60. The Labute approximate surface area is 109 Å². The molecule has 9 nitrogen and oxygen atoms in total. The Bertz CT molecular complexity index is 361. The minimum atomic E-state index is -1.68. The molecule has 0 spiro atoms. The Hall–Kier alpha value is -1.87. The van der Waals surface area contributed by atoms with Crippen molar-refractivity contribution in [3.05, 3.63) is 0 Å². The molecule has 0 aliphatic carbocycles. The Morgan fingerprint density at radius 2 is 2.16 bits per heavy atom. The van der Waals surface area contributed by atoms with Gasteiger partial charge in [-0.1, -0.05) is 0 Å². The van der Waals surface area contributed by atoms with Crippen molar-refractivity contribution in [2.75, 3.05) is 33.4 Å². The number of aliphatic hydroxyl groups excluding tert-OH is 1. The fraction of sp³-hybridized carbons (Fsp3) is 0.700. The number of amides is 3. The number of aliphatic carboxylic acids is 1. The van der Waals surface area contributed by atoms with Gasteiger partial charge in [0.05, 0.1) is 19.8 Å². The summed E-state index contributed by atoms with van der Waals surface area (Å²) >= 11 is 0. The number of carbonyl (C=O) groups is 3. The van der Waals surface area contributed by atoms with Gasteiger partial charge in [-0.15, -0.1) is 0 Å². The van der Waals surface area contributed by atoms with Crippen molar-refractivity contribution < 1.29 is 29.3 Å². The zero-order valence-corrected chi connectivity index (χ0v) is 10.5. The van der Waals surface area contributed by atoms with Crippen LogP contribution in [0.4, 0.5) is 4.79 Å². The molecule has 9 heteroatoms. The van der Waals surface area contributed by atoms with E-state index in [4.69, 9.17) is 14.9 Å². The van der Waals surface area contributed by atoms with Gasteiger partial charge in [-0.2, -0.15) is 0 Å². The number of morpholine rings is 1. The van der Waals surface area contributed by atoms with Gasteiger partial charge >= 0.3 is 12.0 Å². The van der Waals surface area contributed by atoms with E-state index in [2.05, 4.69) is 10.6 Å². The van der Waals surface area contributed by atoms with Gasteiger partial charge in [-0.3, -0.25) is 4.79 Å². The SMILES string of the molecule is CNC(=O)C1COCCN1C(=O)NC[C@H](O)C(=O)O. The summed E-state index contributed by atoms with van der Waals surface area (Å²) in [4.78, 5) is 35.1. The van der Waals surface area contributed by atoms with Crippen molar-refractivity contribution in [1.29, 1.82) is 0 Å². The Balaban J connectivity index is 2.57. The van der Waals surface area contributed by atoms with Crippen LogP contribution in [0.5, 0.6) is 0 Å². The number of nitrogens with zero attached hydrogens (tertiary/aromatic N) is 1. The normalized spacial score (nSPS) is 20.5. The highest BCUT2D eigenvalue weighted by Crippen LogP contribution is 2.07. The van der Waals surface area contributed by atoms with Crippen LogP contribution in [-0.2, 0) is 14.3 Å². The van der Waals surface area contributed by atoms with Gasteiger partial charge < -0.3 is 30.5 Å². The van der Waals surface area contributed by atoms with Crippen LogP contribution in [0.1, 0.15) is 0 Å². The van der Waals surface area contributed by atoms with E-state index in [0.29, 0.717) is 6.61 Å². The molecule has 1 aliphatic heterocycles. The second kappa shape index (κ2) is 6.90. The molecule has 0 bridgehead atoms. The standard InChI is InChI=1S/C10H17N3O6/c1-11-8(15)6-5-19-3-2-13(6)10(18)12-4-7(14)9(16)17/h6-7,14H,2-5H2,1H3,(H,11,15)(H,12,18)(H,16,17)/t6?,7-/m0/s1. The maximum Gasteiger partial charge on any atom is 0.334 e. The monoisotopic (exact) mass is 275 g/mol. The Morgan fingerprint density at radius 1 is 1.47 bits per heavy atom. The first kappa shape index (κ1) is 15.2. The third-order valence-electron chi connectivity index (χ3n) is 2.67. The van der Waals surface area contributed by atoms with E-state index >= 15 is 0 Å². The molecule has 19 heavy (non-hydrogen) atoms. The molecule has 108 valence electrons. The zero-order valence-electron chi connectivity index (χ0n) is 10.5. The van der Waals surface area contributed by atoms with Gasteiger partial charge in [-0.25, -0.2) is 9.59 Å². The summed E-state index contributed by atoms with van der Waals surface area (Å²) < 4.78 is 5.12. The summed E-state index contributed by atoms with van der Waals surface area (Å²) in [6, 6.07) is -1.38. The molecule has 1 rings (SSSR count). The third kappa shape index (κ3) is 4.07. The highest BCUT2D eigenvalue weighted by atomic mass is 16.5. The zero-order chi connectivity index (χ0) is 14.4. The maximum absolute atomic E-state index is 11.8. The lowest BCUT2D eigenvalue weighted by Gasteiger charge is -2.34. The highest BCUT2D eigenvalue weighted by Gasteiger charge is 2.32. The minimum absolute atomic E-state index is 0.0780. The first-order chi connectivity index (χ1) is 8.97. The van der Waals surface area contributed by atoms with Crippen LogP contribution in [0.3, 0.4) is 0 Å². The summed E-state index contributed by atoms with van der Waals surface area (Å²) in [5, 5.41) is 22.2. The van der Waals surface area contributed by atoms with E-state index in [1.54, 1.807) is 0 Å². The average molecular weight is 275 g/mol. The average Bonchev–Trinajstić information content (AvgIpc) is 2.43. The Morgan fingerprint density at radius 3 is 2.74 bits per heavy atom. The lowest BCUT2D eigenvalue weighted by molar-refractivity contribution is -0.146. The molecule has 1 heterocycles. The number of ether oxygens (including phenoxy) is 1. The molecule has 0 aromatic heterocycles. The number of likely N-dealkylation sites (N-methyl/N-ethyl adjacent to an activating group) is 1. The predicted molar refractivity (Wildman–Crippen MR) is 62.4 cm³/mol. The van der Waals surface area contributed by atoms with Crippen molar-refractivity contribution in [2.24, 2.45) is 0 Å². The van der Waals surface area contributed by atoms with Crippen LogP contribution < -0.4 is 10.6 Å². The van der Waals surface area contributed by atoms with Crippen molar-refractivity contribution in [1.82, 2.24) is 15.5 Å².